The van der Waals surface area contributed by atoms with Gasteiger partial charge in [-0.15, -0.1) is 22.5 Å². The predicted molar refractivity (Wildman–Crippen MR) is 54.0 cm³/mol. The highest BCUT2D eigenvalue weighted by Gasteiger charge is 2.02. The molecule has 0 unspecified atom stereocenters. The van der Waals surface area contributed by atoms with Crippen molar-refractivity contribution >= 4 is 28.9 Å². The minimum atomic E-state index is 0.293. The van der Waals surface area contributed by atoms with Crippen LogP contribution in [0.3, 0.4) is 0 Å². The molecule has 0 saturated heterocycles. The Bertz CT molecular complexity index is 333. The normalized spacial score (nSPS) is 9.31. The second-order valence-electron chi connectivity index (χ2n) is 2.25. The molecule has 0 spiro atoms. The van der Waals surface area contributed by atoms with E-state index in [9.17, 15) is 0 Å². The van der Waals surface area contributed by atoms with Crippen LogP contribution in [0.1, 0.15) is 6.42 Å². The largest absolute Gasteiger partial charge is 0.381 e. The van der Waals surface area contributed by atoms with E-state index >= 15 is 0 Å². The number of anilines is 1. The van der Waals surface area contributed by atoms with Crippen LogP contribution in [0.2, 0.25) is 10.3 Å². The number of terminal acetylenes is 1. The van der Waals surface area contributed by atoms with Crippen molar-refractivity contribution in [3.05, 3.63) is 16.4 Å². The maximum absolute atomic E-state index is 5.73. The first-order chi connectivity index (χ1) is 6.24. The van der Waals surface area contributed by atoms with Crippen LogP contribution in [0.5, 0.6) is 0 Å². The molecule has 1 N–H and O–H groups in total. The van der Waals surface area contributed by atoms with Crippen molar-refractivity contribution in [2.24, 2.45) is 0 Å². The molecule has 1 aromatic heterocycles. The van der Waals surface area contributed by atoms with Crippen LogP contribution in [0.4, 0.5) is 5.69 Å². The SMILES string of the molecule is C#CCCNc1cc(Cl)nnc1Cl. The van der Waals surface area contributed by atoms with Gasteiger partial charge in [0.05, 0.1) is 5.69 Å². The van der Waals surface area contributed by atoms with Crippen molar-refractivity contribution in [2.75, 3.05) is 11.9 Å². The van der Waals surface area contributed by atoms with E-state index in [1.54, 1.807) is 6.07 Å². The quantitative estimate of drug-likeness (QED) is 0.621. The first kappa shape index (κ1) is 10.1. The Labute approximate surface area is 86.5 Å². The number of hydrogen-bond acceptors (Lipinski definition) is 3. The van der Waals surface area contributed by atoms with Gasteiger partial charge in [-0.05, 0) is 0 Å². The molecule has 0 aliphatic carbocycles. The summed E-state index contributed by atoms with van der Waals surface area (Å²) in [6, 6.07) is 1.60. The molecular weight excluding hydrogens is 209 g/mol. The van der Waals surface area contributed by atoms with Crippen molar-refractivity contribution in [3.63, 3.8) is 0 Å². The zero-order chi connectivity index (χ0) is 9.68. The fourth-order valence-corrected chi connectivity index (χ4v) is 1.05. The van der Waals surface area contributed by atoms with Crippen molar-refractivity contribution in [1.29, 1.82) is 0 Å². The number of nitrogens with one attached hydrogen (secondary N) is 1. The molecule has 0 aromatic carbocycles. The van der Waals surface area contributed by atoms with Gasteiger partial charge in [-0.2, -0.15) is 0 Å². The van der Waals surface area contributed by atoms with E-state index in [-0.39, 0.29) is 0 Å². The molecule has 13 heavy (non-hydrogen) atoms. The highest BCUT2D eigenvalue weighted by molar-refractivity contribution is 6.33. The third-order valence-electron chi connectivity index (χ3n) is 1.30. The molecule has 0 atom stereocenters. The fraction of sp³-hybridized carbons (Fsp3) is 0.250. The summed E-state index contributed by atoms with van der Waals surface area (Å²) in [5.41, 5.74) is 0.650. The summed E-state index contributed by atoms with van der Waals surface area (Å²) in [7, 11) is 0. The highest BCUT2D eigenvalue weighted by atomic mass is 35.5. The Balaban J connectivity index is 2.65. The van der Waals surface area contributed by atoms with Gasteiger partial charge in [0.2, 0.25) is 0 Å². The topological polar surface area (TPSA) is 37.8 Å². The average molecular weight is 216 g/mol. The molecule has 0 fully saturated rings. The van der Waals surface area contributed by atoms with Gasteiger partial charge in [-0.25, -0.2) is 0 Å². The fourth-order valence-electron chi connectivity index (χ4n) is 0.746. The van der Waals surface area contributed by atoms with E-state index in [1.807, 2.05) is 0 Å². The van der Waals surface area contributed by atoms with Crippen LogP contribution in [0.25, 0.3) is 0 Å². The van der Waals surface area contributed by atoms with Gasteiger partial charge in [0.1, 0.15) is 0 Å². The first-order valence-electron chi connectivity index (χ1n) is 3.60. The van der Waals surface area contributed by atoms with Crippen LogP contribution in [-0.2, 0) is 0 Å². The summed E-state index contributed by atoms with van der Waals surface area (Å²) < 4.78 is 0. The van der Waals surface area contributed by atoms with Crippen LogP contribution in [-0.4, -0.2) is 16.7 Å². The summed E-state index contributed by atoms with van der Waals surface area (Å²) in [5, 5.41) is 10.8. The van der Waals surface area contributed by atoms with Gasteiger partial charge in [0.25, 0.3) is 0 Å². The van der Waals surface area contributed by atoms with E-state index in [4.69, 9.17) is 29.6 Å². The first-order valence-corrected chi connectivity index (χ1v) is 4.35. The van der Waals surface area contributed by atoms with E-state index in [0.29, 0.717) is 29.0 Å². The van der Waals surface area contributed by atoms with Crippen LogP contribution < -0.4 is 5.32 Å². The van der Waals surface area contributed by atoms with E-state index < -0.39 is 0 Å². The summed E-state index contributed by atoms with van der Waals surface area (Å²) in [6.45, 7) is 0.637. The Kier molecular flexibility index (Phi) is 3.81. The van der Waals surface area contributed by atoms with Gasteiger partial charge in [0.15, 0.2) is 10.3 Å². The molecule has 0 bridgehead atoms. The van der Waals surface area contributed by atoms with Crippen LogP contribution in [0, 0.1) is 12.3 Å². The van der Waals surface area contributed by atoms with Gasteiger partial charge in [-0.3, -0.25) is 0 Å². The average Bonchev–Trinajstić information content (AvgIpc) is 2.11. The monoisotopic (exact) mass is 215 g/mol. The van der Waals surface area contributed by atoms with Crippen molar-refractivity contribution < 1.29 is 0 Å². The molecule has 0 radical (unpaired) electrons. The minimum absolute atomic E-state index is 0.293. The molecule has 0 saturated carbocycles. The lowest BCUT2D eigenvalue weighted by molar-refractivity contribution is 1.02. The number of halogens is 2. The van der Waals surface area contributed by atoms with E-state index in [0.717, 1.165) is 0 Å². The predicted octanol–water partition coefficient (Wildman–Crippen LogP) is 2.22. The molecule has 0 aliphatic heterocycles. The standard InChI is InChI=1S/C8H7Cl2N3/c1-2-3-4-11-6-5-7(9)12-13-8(6)10/h1,5H,3-4H2,(H,11,12). The Hall–Kier alpha value is -0.980. The maximum atomic E-state index is 5.73. The molecule has 3 nitrogen and oxygen atoms in total. The molecule has 0 aliphatic rings. The van der Waals surface area contributed by atoms with E-state index in [2.05, 4.69) is 21.4 Å². The molecule has 68 valence electrons. The lowest BCUT2D eigenvalue weighted by Gasteiger charge is -2.04. The van der Waals surface area contributed by atoms with Crippen molar-refractivity contribution in [3.8, 4) is 12.3 Å². The lowest BCUT2D eigenvalue weighted by atomic mass is 10.4. The summed E-state index contributed by atoms with van der Waals surface area (Å²) in [4.78, 5) is 0. The molecule has 1 heterocycles. The third kappa shape index (κ3) is 3.10. The Morgan fingerprint density at radius 3 is 2.92 bits per heavy atom. The number of aromatic nitrogens is 2. The van der Waals surface area contributed by atoms with Gasteiger partial charge in [-0.1, -0.05) is 23.2 Å². The van der Waals surface area contributed by atoms with Gasteiger partial charge < -0.3 is 5.32 Å². The zero-order valence-electron chi connectivity index (χ0n) is 6.72. The summed E-state index contributed by atoms with van der Waals surface area (Å²) in [6.07, 6.45) is 5.70. The second-order valence-corrected chi connectivity index (χ2v) is 3.00. The third-order valence-corrected chi connectivity index (χ3v) is 1.77. The highest BCUT2D eigenvalue weighted by Crippen LogP contribution is 2.20. The van der Waals surface area contributed by atoms with Crippen LogP contribution >= 0.6 is 23.2 Å². The molecule has 1 aromatic rings. The van der Waals surface area contributed by atoms with Crippen molar-refractivity contribution in [1.82, 2.24) is 10.2 Å². The maximum Gasteiger partial charge on any atom is 0.174 e. The second kappa shape index (κ2) is 4.90. The lowest BCUT2D eigenvalue weighted by Crippen LogP contribution is -2.02. The van der Waals surface area contributed by atoms with Crippen LogP contribution in [0.15, 0.2) is 6.07 Å². The minimum Gasteiger partial charge on any atom is -0.381 e. The molecule has 5 heteroatoms. The van der Waals surface area contributed by atoms with E-state index in [1.165, 1.54) is 0 Å². The van der Waals surface area contributed by atoms with Gasteiger partial charge >= 0.3 is 0 Å². The number of nitrogens with zero attached hydrogens (tertiary/aromatic N) is 2. The number of hydrogen-bond donors (Lipinski definition) is 1. The van der Waals surface area contributed by atoms with Crippen molar-refractivity contribution in [2.45, 2.75) is 6.42 Å². The molecule has 0 amide bonds. The Morgan fingerprint density at radius 1 is 1.46 bits per heavy atom. The molecular formula is C8H7Cl2N3. The Morgan fingerprint density at radius 2 is 2.23 bits per heavy atom. The zero-order valence-corrected chi connectivity index (χ0v) is 8.23. The smallest absolute Gasteiger partial charge is 0.174 e. The molecule has 1 rings (SSSR count). The van der Waals surface area contributed by atoms with Gasteiger partial charge in [0, 0.05) is 19.0 Å². The summed E-state index contributed by atoms with van der Waals surface area (Å²) >= 11 is 11.3. The number of rotatable bonds is 3. The summed E-state index contributed by atoms with van der Waals surface area (Å²) in [5.74, 6) is 2.50.